The molecule has 0 saturated carbocycles. The van der Waals surface area contributed by atoms with Crippen LogP contribution in [0.2, 0.25) is 0 Å². The summed E-state index contributed by atoms with van der Waals surface area (Å²) < 4.78 is 0. The molecule has 5 nitrogen and oxygen atoms in total. The second-order valence-electron chi connectivity index (χ2n) is 3.79. The van der Waals surface area contributed by atoms with Gasteiger partial charge in [-0.2, -0.15) is 0 Å². The fourth-order valence-corrected chi connectivity index (χ4v) is 1.68. The van der Waals surface area contributed by atoms with Gasteiger partial charge in [0, 0.05) is 7.05 Å². The van der Waals surface area contributed by atoms with E-state index >= 15 is 0 Å². The van der Waals surface area contributed by atoms with Gasteiger partial charge < -0.3 is 15.1 Å². The smallest absolute Gasteiger partial charge is 0.335 e. The van der Waals surface area contributed by atoms with Crippen LogP contribution in [0.15, 0.2) is 43.0 Å². The molecule has 0 radical (unpaired) electrons. The fourth-order valence-electron chi connectivity index (χ4n) is 1.68. The fraction of sp³-hybridized carbons (Fsp3) is 0.231. The molecule has 1 aromatic rings. The molecule has 0 heterocycles. The first kappa shape index (κ1) is 13.9. The molecule has 0 spiro atoms. The predicted molar refractivity (Wildman–Crippen MR) is 65.8 cm³/mol. The van der Waals surface area contributed by atoms with Crippen molar-refractivity contribution in [2.45, 2.75) is 12.1 Å². The Balaban J connectivity index is 3.14. The van der Waals surface area contributed by atoms with Crippen LogP contribution >= 0.6 is 0 Å². The monoisotopic (exact) mass is 249 g/mol. The topological polar surface area (TPSA) is 77.8 Å². The molecule has 0 aliphatic carbocycles. The van der Waals surface area contributed by atoms with Gasteiger partial charge >= 0.3 is 5.97 Å². The number of carboxylic acids is 1. The van der Waals surface area contributed by atoms with Crippen LogP contribution in [0.3, 0.4) is 0 Å². The Kier molecular flexibility index (Phi) is 4.62. The molecule has 1 rings (SSSR count). The maximum atomic E-state index is 11.6. The van der Waals surface area contributed by atoms with Gasteiger partial charge in [-0.1, -0.05) is 36.9 Å². The van der Waals surface area contributed by atoms with Crippen LogP contribution in [0, 0.1) is 0 Å². The number of benzene rings is 1. The molecular formula is C13H15NO4. The Morgan fingerprint density at radius 2 is 1.89 bits per heavy atom. The molecule has 0 unspecified atom stereocenters. The number of carboxylic acid groups (broad SMARTS) is 1. The van der Waals surface area contributed by atoms with Gasteiger partial charge in [-0.3, -0.25) is 4.79 Å². The lowest BCUT2D eigenvalue weighted by molar-refractivity contribution is -0.152. The van der Waals surface area contributed by atoms with Crippen molar-refractivity contribution in [3.05, 3.63) is 48.6 Å². The van der Waals surface area contributed by atoms with Gasteiger partial charge in [0.05, 0.1) is 6.04 Å². The third-order valence-electron chi connectivity index (χ3n) is 2.63. The van der Waals surface area contributed by atoms with Gasteiger partial charge in [0.15, 0.2) is 6.10 Å². The molecule has 1 aromatic carbocycles. The largest absolute Gasteiger partial charge is 0.479 e. The van der Waals surface area contributed by atoms with Crippen molar-refractivity contribution in [3.63, 3.8) is 0 Å². The molecule has 0 saturated heterocycles. The Labute approximate surface area is 105 Å². The number of aliphatic hydroxyl groups is 1. The maximum Gasteiger partial charge on any atom is 0.335 e. The van der Waals surface area contributed by atoms with E-state index in [0.29, 0.717) is 5.56 Å². The average Bonchev–Trinajstić information content (AvgIpc) is 2.38. The summed E-state index contributed by atoms with van der Waals surface area (Å²) in [6.45, 7) is 3.34. The highest BCUT2D eigenvalue weighted by molar-refractivity contribution is 5.88. The van der Waals surface area contributed by atoms with Crippen LogP contribution in [-0.2, 0) is 9.59 Å². The summed E-state index contributed by atoms with van der Waals surface area (Å²) in [6.07, 6.45) is -0.619. The number of aliphatic hydroxyl groups excluding tert-OH is 1. The highest BCUT2D eigenvalue weighted by atomic mass is 16.4. The van der Waals surface area contributed by atoms with Crippen molar-refractivity contribution in [2.24, 2.45) is 0 Å². The predicted octanol–water partition coefficient (Wildman–Crippen LogP) is 0.818. The van der Waals surface area contributed by atoms with E-state index in [1.165, 1.54) is 7.05 Å². The van der Waals surface area contributed by atoms with Gasteiger partial charge in [-0.05, 0) is 11.6 Å². The average molecular weight is 249 g/mol. The van der Waals surface area contributed by atoms with E-state index in [2.05, 4.69) is 6.58 Å². The standard InChI is InChI=1S/C13H15NO4/c1-3-10(15)14(2)11(12(16)13(17)18)9-7-5-4-6-8-9/h3-8,11-12,16H,1H2,2H3,(H,17,18)/t11-,12+/m0/s1. The zero-order chi connectivity index (χ0) is 13.7. The molecule has 0 bridgehead atoms. The number of nitrogens with zero attached hydrogens (tertiary/aromatic N) is 1. The Hall–Kier alpha value is -2.14. The third-order valence-corrected chi connectivity index (χ3v) is 2.63. The maximum absolute atomic E-state index is 11.6. The summed E-state index contributed by atoms with van der Waals surface area (Å²) in [4.78, 5) is 23.6. The molecule has 18 heavy (non-hydrogen) atoms. The third kappa shape index (κ3) is 2.95. The molecule has 96 valence electrons. The highest BCUT2D eigenvalue weighted by Crippen LogP contribution is 2.23. The van der Waals surface area contributed by atoms with Crippen molar-refractivity contribution >= 4 is 11.9 Å². The number of amides is 1. The van der Waals surface area contributed by atoms with Gasteiger partial charge in [-0.25, -0.2) is 4.79 Å². The lowest BCUT2D eigenvalue weighted by Gasteiger charge is -2.29. The quantitative estimate of drug-likeness (QED) is 0.757. The SMILES string of the molecule is C=CC(=O)N(C)[C@@H](c1ccccc1)[C@@H](O)C(=O)O. The van der Waals surface area contributed by atoms with Crippen LogP contribution in [-0.4, -0.2) is 40.1 Å². The number of likely N-dealkylation sites (N-methyl/N-ethyl adjacent to an activating group) is 1. The first-order valence-corrected chi connectivity index (χ1v) is 5.34. The molecule has 0 aromatic heterocycles. The summed E-state index contributed by atoms with van der Waals surface area (Å²) in [5.41, 5.74) is 0.546. The summed E-state index contributed by atoms with van der Waals surface area (Å²) in [7, 11) is 1.42. The van der Waals surface area contributed by atoms with Crippen LogP contribution < -0.4 is 0 Å². The number of carbonyl (C=O) groups excluding carboxylic acids is 1. The number of aliphatic carboxylic acids is 1. The van der Waals surface area contributed by atoms with E-state index in [1.807, 2.05) is 0 Å². The van der Waals surface area contributed by atoms with Crippen LogP contribution in [0.1, 0.15) is 11.6 Å². The summed E-state index contributed by atoms with van der Waals surface area (Å²) >= 11 is 0. The molecule has 0 aliphatic heterocycles. The second kappa shape index (κ2) is 5.97. The van der Waals surface area contributed by atoms with Gasteiger partial charge in [0.25, 0.3) is 0 Å². The van der Waals surface area contributed by atoms with Crippen LogP contribution in [0.4, 0.5) is 0 Å². The van der Waals surface area contributed by atoms with Gasteiger partial charge in [0.2, 0.25) is 5.91 Å². The lowest BCUT2D eigenvalue weighted by Crippen LogP contribution is -2.40. The van der Waals surface area contributed by atoms with Crippen molar-refractivity contribution in [2.75, 3.05) is 7.05 Å². The number of rotatable bonds is 5. The molecule has 0 aliphatic rings. The second-order valence-corrected chi connectivity index (χ2v) is 3.79. The zero-order valence-electron chi connectivity index (χ0n) is 9.98. The lowest BCUT2D eigenvalue weighted by atomic mass is 10.00. The molecule has 0 fully saturated rings. The minimum Gasteiger partial charge on any atom is -0.479 e. The first-order valence-electron chi connectivity index (χ1n) is 5.34. The summed E-state index contributed by atoms with van der Waals surface area (Å²) in [6, 6.07) is 7.55. The van der Waals surface area contributed by atoms with Crippen molar-refractivity contribution in [3.8, 4) is 0 Å². The molecule has 1 amide bonds. The van der Waals surface area contributed by atoms with E-state index in [4.69, 9.17) is 5.11 Å². The zero-order valence-corrected chi connectivity index (χ0v) is 9.98. The Morgan fingerprint density at radius 1 is 1.33 bits per heavy atom. The van der Waals surface area contributed by atoms with Crippen LogP contribution in [0.5, 0.6) is 0 Å². The summed E-state index contributed by atoms with van der Waals surface area (Å²) in [5, 5.41) is 18.6. The Morgan fingerprint density at radius 3 is 2.33 bits per heavy atom. The Bertz CT molecular complexity index is 444. The number of carbonyl (C=O) groups is 2. The minimum atomic E-state index is -1.69. The minimum absolute atomic E-state index is 0.454. The molecular weight excluding hydrogens is 234 g/mol. The first-order chi connectivity index (χ1) is 8.49. The van der Waals surface area contributed by atoms with Crippen molar-refractivity contribution in [1.29, 1.82) is 0 Å². The normalized spacial score (nSPS) is 13.4. The number of hydrogen-bond donors (Lipinski definition) is 2. The van der Waals surface area contributed by atoms with E-state index < -0.39 is 24.0 Å². The van der Waals surface area contributed by atoms with E-state index in [9.17, 15) is 14.7 Å². The summed E-state index contributed by atoms with van der Waals surface area (Å²) in [5.74, 6) is -1.84. The van der Waals surface area contributed by atoms with E-state index in [-0.39, 0.29) is 0 Å². The molecule has 2 atom stereocenters. The highest BCUT2D eigenvalue weighted by Gasteiger charge is 2.32. The van der Waals surface area contributed by atoms with E-state index in [1.54, 1.807) is 30.3 Å². The van der Waals surface area contributed by atoms with Crippen molar-refractivity contribution < 1.29 is 19.8 Å². The molecule has 5 heteroatoms. The van der Waals surface area contributed by atoms with Gasteiger partial charge in [-0.15, -0.1) is 0 Å². The number of hydrogen-bond acceptors (Lipinski definition) is 3. The van der Waals surface area contributed by atoms with Crippen molar-refractivity contribution in [1.82, 2.24) is 4.90 Å². The van der Waals surface area contributed by atoms with Gasteiger partial charge in [0.1, 0.15) is 0 Å². The molecule has 2 N–H and O–H groups in total. The van der Waals surface area contributed by atoms with Crippen LogP contribution in [0.25, 0.3) is 0 Å². The van der Waals surface area contributed by atoms with E-state index in [0.717, 1.165) is 11.0 Å².